The van der Waals surface area contributed by atoms with Gasteiger partial charge in [0, 0.05) is 30.6 Å². The van der Waals surface area contributed by atoms with Crippen molar-refractivity contribution in [2.75, 3.05) is 45.6 Å². The van der Waals surface area contributed by atoms with E-state index in [0.717, 1.165) is 31.5 Å². The predicted molar refractivity (Wildman–Crippen MR) is 98.3 cm³/mol. The lowest BCUT2D eigenvalue weighted by molar-refractivity contribution is -0.141. The molecule has 25 heavy (non-hydrogen) atoms. The van der Waals surface area contributed by atoms with Gasteiger partial charge in [-0.3, -0.25) is 9.69 Å². The number of ether oxygens (including phenoxy) is 1. The molecule has 1 aromatic rings. The van der Waals surface area contributed by atoms with E-state index in [-0.39, 0.29) is 23.7 Å². The molecule has 6 heteroatoms. The predicted octanol–water partition coefficient (Wildman–Crippen LogP) is 3.18. The first-order valence-electron chi connectivity index (χ1n) is 9.04. The summed E-state index contributed by atoms with van der Waals surface area (Å²) < 4.78 is 19.5. The molecule has 0 radical (unpaired) electrons. The third-order valence-corrected chi connectivity index (χ3v) is 6.10. The molecular weight excluding hydrogens is 339 g/mol. The summed E-state index contributed by atoms with van der Waals surface area (Å²) in [5, 5.41) is 0. The Hall–Kier alpha value is -1.11. The molecule has 2 fully saturated rings. The van der Waals surface area contributed by atoms with Crippen molar-refractivity contribution >= 4 is 17.7 Å². The molecule has 0 unspecified atom stereocenters. The highest BCUT2D eigenvalue weighted by Crippen LogP contribution is 2.30. The summed E-state index contributed by atoms with van der Waals surface area (Å²) in [4.78, 5) is 17.7. The lowest BCUT2D eigenvalue weighted by Gasteiger charge is -2.39. The van der Waals surface area contributed by atoms with Crippen molar-refractivity contribution in [2.45, 2.75) is 30.7 Å². The minimum atomic E-state index is -0.158. The Morgan fingerprint density at radius 2 is 2.08 bits per heavy atom. The van der Waals surface area contributed by atoms with Crippen LogP contribution in [0.1, 0.15) is 31.4 Å². The van der Waals surface area contributed by atoms with Crippen LogP contribution >= 0.6 is 11.8 Å². The van der Waals surface area contributed by atoms with Gasteiger partial charge in [-0.2, -0.15) is 0 Å². The summed E-state index contributed by atoms with van der Waals surface area (Å²) in [5.74, 6) is 0.142. The van der Waals surface area contributed by atoms with Crippen molar-refractivity contribution in [3.05, 3.63) is 29.6 Å². The minimum Gasteiger partial charge on any atom is -0.378 e. The van der Waals surface area contributed by atoms with E-state index in [9.17, 15) is 9.18 Å². The minimum absolute atomic E-state index is 0.0459. The fraction of sp³-hybridized carbons (Fsp3) is 0.632. The summed E-state index contributed by atoms with van der Waals surface area (Å²) >= 11 is 1.42. The van der Waals surface area contributed by atoms with E-state index in [1.807, 2.05) is 23.3 Å². The third-order valence-electron chi connectivity index (χ3n) is 5.33. The van der Waals surface area contributed by atoms with Gasteiger partial charge in [0.25, 0.3) is 0 Å². The van der Waals surface area contributed by atoms with Gasteiger partial charge in [-0.05, 0) is 50.3 Å². The van der Waals surface area contributed by atoms with Gasteiger partial charge in [0.05, 0.1) is 19.1 Å². The van der Waals surface area contributed by atoms with Crippen molar-refractivity contribution < 1.29 is 13.9 Å². The van der Waals surface area contributed by atoms with E-state index in [1.54, 1.807) is 6.07 Å². The normalized spacial score (nSPS) is 23.5. The molecule has 3 rings (SSSR count). The van der Waals surface area contributed by atoms with Crippen LogP contribution in [0.4, 0.5) is 4.39 Å². The van der Waals surface area contributed by atoms with Crippen LogP contribution in [0, 0.1) is 11.7 Å². The molecule has 0 N–H and O–H groups in total. The molecule has 2 atom stereocenters. The van der Waals surface area contributed by atoms with Gasteiger partial charge in [0.1, 0.15) is 5.82 Å². The van der Waals surface area contributed by atoms with E-state index in [2.05, 4.69) is 11.8 Å². The Morgan fingerprint density at radius 3 is 2.76 bits per heavy atom. The van der Waals surface area contributed by atoms with Gasteiger partial charge in [0.2, 0.25) is 5.91 Å². The smallest absolute Gasteiger partial charge is 0.227 e. The second-order valence-corrected chi connectivity index (χ2v) is 7.69. The maximum atomic E-state index is 14.1. The van der Waals surface area contributed by atoms with Crippen molar-refractivity contribution in [3.63, 3.8) is 0 Å². The van der Waals surface area contributed by atoms with E-state index in [4.69, 9.17) is 4.74 Å². The zero-order valence-electron chi connectivity index (χ0n) is 15.0. The van der Waals surface area contributed by atoms with Crippen molar-refractivity contribution in [3.8, 4) is 0 Å². The van der Waals surface area contributed by atoms with Crippen LogP contribution in [0.25, 0.3) is 0 Å². The number of nitrogens with zero attached hydrogens (tertiary/aromatic N) is 2. The molecule has 0 spiro atoms. The first-order chi connectivity index (χ1) is 12.1. The first-order valence-corrected chi connectivity index (χ1v) is 10.3. The number of hydrogen-bond donors (Lipinski definition) is 0. The van der Waals surface area contributed by atoms with Crippen LogP contribution in [-0.2, 0) is 9.53 Å². The quantitative estimate of drug-likeness (QED) is 0.767. The number of morpholine rings is 1. The lowest BCUT2D eigenvalue weighted by atomic mass is 9.94. The number of benzene rings is 1. The maximum absolute atomic E-state index is 14.1. The van der Waals surface area contributed by atoms with Gasteiger partial charge in [-0.1, -0.05) is 6.07 Å². The molecule has 0 aliphatic carbocycles. The van der Waals surface area contributed by atoms with Gasteiger partial charge < -0.3 is 9.64 Å². The van der Waals surface area contributed by atoms with Gasteiger partial charge in [0.15, 0.2) is 0 Å². The molecule has 4 nitrogen and oxygen atoms in total. The van der Waals surface area contributed by atoms with E-state index in [1.165, 1.54) is 11.8 Å². The molecule has 2 aliphatic rings. The fourth-order valence-corrected chi connectivity index (χ4v) is 4.21. The van der Waals surface area contributed by atoms with Crippen LogP contribution in [-0.4, -0.2) is 61.4 Å². The summed E-state index contributed by atoms with van der Waals surface area (Å²) in [6.45, 7) is 6.50. The topological polar surface area (TPSA) is 32.8 Å². The van der Waals surface area contributed by atoms with Crippen molar-refractivity contribution in [1.82, 2.24) is 9.80 Å². The van der Waals surface area contributed by atoms with Crippen LogP contribution in [0.15, 0.2) is 23.1 Å². The van der Waals surface area contributed by atoms with Crippen LogP contribution in [0.2, 0.25) is 0 Å². The Balaban J connectivity index is 1.65. The molecule has 0 bridgehead atoms. The molecule has 1 aromatic carbocycles. The van der Waals surface area contributed by atoms with Gasteiger partial charge >= 0.3 is 0 Å². The monoisotopic (exact) mass is 366 g/mol. The summed E-state index contributed by atoms with van der Waals surface area (Å²) in [5.41, 5.74) is 0.981. The number of rotatable bonds is 4. The number of thioether (sulfide) groups is 1. The number of carbonyl (C=O) groups is 1. The van der Waals surface area contributed by atoms with E-state index < -0.39 is 0 Å². The van der Waals surface area contributed by atoms with Gasteiger partial charge in [-0.25, -0.2) is 4.39 Å². The molecule has 2 heterocycles. The Bertz CT molecular complexity index is 607. The summed E-state index contributed by atoms with van der Waals surface area (Å²) in [7, 11) is 0. The number of amides is 1. The Labute approximate surface area is 153 Å². The van der Waals surface area contributed by atoms with Crippen LogP contribution in [0.3, 0.4) is 0 Å². The number of halogens is 1. The molecule has 2 aliphatic heterocycles. The molecule has 0 saturated carbocycles. The summed E-state index contributed by atoms with van der Waals surface area (Å²) in [6.07, 6.45) is 3.84. The average Bonchev–Trinajstić information content (AvgIpc) is 2.67. The Morgan fingerprint density at radius 1 is 1.32 bits per heavy atom. The highest BCUT2D eigenvalue weighted by Gasteiger charge is 2.32. The van der Waals surface area contributed by atoms with Crippen molar-refractivity contribution in [2.24, 2.45) is 5.92 Å². The fourth-order valence-electron chi connectivity index (χ4n) is 3.76. The number of piperidine rings is 1. The van der Waals surface area contributed by atoms with Gasteiger partial charge in [-0.15, -0.1) is 11.8 Å². The molecule has 138 valence electrons. The molecule has 2 saturated heterocycles. The highest BCUT2D eigenvalue weighted by molar-refractivity contribution is 7.98. The van der Waals surface area contributed by atoms with Crippen LogP contribution in [0.5, 0.6) is 0 Å². The highest BCUT2D eigenvalue weighted by atomic mass is 32.2. The van der Waals surface area contributed by atoms with E-state index >= 15 is 0 Å². The standard InChI is InChI=1S/C19H27FN2O2S/c1-14(15-5-6-18(25-2)17(20)12-15)22-7-3-4-16(13-22)19(23)21-8-10-24-11-9-21/h5-6,12,14,16H,3-4,7-11,13H2,1-2H3/t14-,16+/m1/s1. The zero-order valence-corrected chi connectivity index (χ0v) is 15.9. The maximum Gasteiger partial charge on any atom is 0.227 e. The van der Waals surface area contributed by atoms with Crippen LogP contribution < -0.4 is 0 Å². The Kier molecular flexibility index (Phi) is 6.36. The van der Waals surface area contributed by atoms with E-state index in [0.29, 0.717) is 31.2 Å². The summed E-state index contributed by atoms with van der Waals surface area (Å²) in [6, 6.07) is 5.62. The molecule has 0 aromatic heterocycles. The number of carbonyl (C=O) groups excluding carboxylic acids is 1. The molecule has 1 amide bonds. The first kappa shape index (κ1) is 18.7. The zero-order chi connectivity index (χ0) is 17.8. The lowest BCUT2D eigenvalue weighted by Crippen LogP contribution is -2.48. The number of likely N-dealkylation sites (tertiary alicyclic amines) is 1. The second-order valence-electron chi connectivity index (χ2n) is 6.84. The van der Waals surface area contributed by atoms with Crippen molar-refractivity contribution in [1.29, 1.82) is 0 Å². The second kappa shape index (κ2) is 8.52. The average molecular weight is 367 g/mol. The number of hydrogen-bond acceptors (Lipinski definition) is 4. The third kappa shape index (κ3) is 4.36. The molecular formula is C19H27FN2O2S. The SMILES string of the molecule is CSc1ccc([C@@H](C)N2CCC[C@H](C(=O)N3CCOCC3)C2)cc1F. The largest absolute Gasteiger partial charge is 0.378 e.